The molecule has 20 heavy (non-hydrogen) atoms. The van der Waals surface area contributed by atoms with E-state index in [1.807, 2.05) is 0 Å². The van der Waals surface area contributed by atoms with Crippen LogP contribution < -0.4 is 5.73 Å². The van der Waals surface area contributed by atoms with Gasteiger partial charge in [-0.15, -0.1) is 0 Å². The highest BCUT2D eigenvalue weighted by Crippen LogP contribution is 2.26. The van der Waals surface area contributed by atoms with Gasteiger partial charge in [0.1, 0.15) is 5.82 Å². The number of nitrogens with zero attached hydrogens (tertiary/aromatic N) is 1. The summed E-state index contributed by atoms with van der Waals surface area (Å²) in [4.78, 5) is 0. The maximum atomic E-state index is 13.5. The topological polar surface area (TPSA) is 67.8 Å². The Kier molecular flexibility index (Phi) is 4.95. The quantitative estimate of drug-likeness (QED) is 0.385. The summed E-state index contributed by atoms with van der Waals surface area (Å²) in [5.74, 6) is 0.262. The van der Waals surface area contributed by atoms with Crippen molar-refractivity contribution in [1.82, 2.24) is 0 Å². The molecule has 0 aromatic heterocycles. The van der Waals surface area contributed by atoms with E-state index in [1.165, 1.54) is 25.0 Å². The van der Waals surface area contributed by atoms with Gasteiger partial charge in [-0.25, -0.2) is 4.39 Å². The summed E-state index contributed by atoms with van der Waals surface area (Å²) in [6.07, 6.45) is 4.74. The van der Waals surface area contributed by atoms with Gasteiger partial charge >= 0.3 is 0 Å². The lowest BCUT2D eigenvalue weighted by Gasteiger charge is -2.26. The average Bonchev–Trinajstić information content (AvgIpc) is 2.45. The van der Waals surface area contributed by atoms with Gasteiger partial charge in [-0.1, -0.05) is 12.1 Å². The van der Waals surface area contributed by atoms with E-state index < -0.39 is 5.82 Å². The SMILES string of the molecule is CC1CCC(OCc2cc(F)cc(/C(N)=N/O)c2)CC1. The van der Waals surface area contributed by atoms with Crippen molar-refractivity contribution >= 4 is 5.84 Å². The van der Waals surface area contributed by atoms with E-state index in [9.17, 15) is 4.39 Å². The third-order valence-electron chi connectivity index (χ3n) is 3.81. The highest BCUT2D eigenvalue weighted by atomic mass is 19.1. The number of rotatable bonds is 4. The molecule has 1 fully saturated rings. The van der Waals surface area contributed by atoms with E-state index in [4.69, 9.17) is 15.7 Å². The van der Waals surface area contributed by atoms with Gasteiger partial charge in [-0.2, -0.15) is 0 Å². The predicted molar refractivity (Wildman–Crippen MR) is 75.1 cm³/mol. The predicted octanol–water partition coefficient (Wildman–Crippen LogP) is 3.02. The molecule has 0 bridgehead atoms. The van der Waals surface area contributed by atoms with Crippen LogP contribution in [0.4, 0.5) is 4.39 Å². The van der Waals surface area contributed by atoms with Crippen molar-refractivity contribution in [2.24, 2.45) is 16.8 Å². The Morgan fingerprint density at radius 3 is 2.70 bits per heavy atom. The van der Waals surface area contributed by atoms with Gasteiger partial charge in [0.05, 0.1) is 12.7 Å². The van der Waals surface area contributed by atoms with Crippen LogP contribution in [-0.2, 0) is 11.3 Å². The molecule has 0 radical (unpaired) electrons. The standard InChI is InChI=1S/C15H21FN2O2/c1-10-2-4-14(5-3-10)20-9-11-6-12(15(17)18-19)8-13(16)7-11/h6-8,10,14,19H,2-5,9H2,1H3,(H2,17,18). The summed E-state index contributed by atoms with van der Waals surface area (Å²) < 4.78 is 19.3. The molecule has 3 N–H and O–H groups in total. The van der Waals surface area contributed by atoms with Gasteiger partial charge in [0.15, 0.2) is 5.84 Å². The highest BCUT2D eigenvalue weighted by molar-refractivity contribution is 5.97. The first-order chi connectivity index (χ1) is 9.58. The Labute approximate surface area is 118 Å². The number of hydrogen-bond acceptors (Lipinski definition) is 3. The minimum atomic E-state index is -0.412. The van der Waals surface area contributed by atoms with Crippen LogP contribution in [0.3, 0.4) is 0 Å². The molecule has 0 heterocycles. The molecule has 1 aromatic rings. The molecule has 1 saturated carbocycles. The van der Waals surface area contributed by atoms with Crippen LogP contribution in [0.15, 0.2) is 23.4 Å². The molecule has 5 heteroatoms. The number of ether oxygens (including phenoxy) is 1. The Balaban J connectivity index is 1.97. The minimum Gasteiger partial charge on any atom is -0.409 e. The number of hydrogen-bond donors (Lipinski definition) is 2. The first-order valence-corrected chi connectivity index (χ1v) is 6.97. The van der Waals surface area contributed by atoms with E-state index in [0.29, 0.717) is 17.7 Å². The van der Waals surface area contributed by atoms with Crippen molar-refractivity contribution in [2.75, 3.05) is 0 Å². The number of halogens is 1. The van der Waals surface area contributed by atoms with E-state index in [1.54, 1.807) is 6.07 Å². The fourth-order valence-corrected chi connectivity index (χ4v) is 2.55. The number of nitrogens with two attached hydrogens (primary N) is 1. The van der Waals surface area contributed by atoms with Gasteiger partial charge in [-0.05, 0) is 55.4 Å². The molecule has 1 aliphatic carbocycles. The Bertz CT molecular complexity index is 483. The van der Waals surface area contributed by atoms with Crippen LogP contribution in [0.2, 0.25) is 0 Å². The van der Waals surface area contributed by atoms with Crippen LogP contribution in [-0.4, -0.2) is 17.1 Å². The van der Waals surface area contributed by atoms with Gasteiger partial charge < -0.3 is 15.7 Å². The summed E-state index contributed by atoms with van der Waals surface area (Å²) in [5, 5.41) is 11.5. The first-order valence-electron chi connectivity index (χ1n) is 6.97. The number of benzene rings is 1. The average molecular weight is 280 g/mol. The molecular weight excluding hydrogens is 259 g/mol. The van der Waals surface area contributed by atoms with E-state index in [0.717, 1.165) is 18.8 Å². The minimum absolute atomic E-state index is 0.0998. The summed E-state index contributed by atoms with van der Waals surface area (Å²) in [6.45, 7) is 2.61. The molecule has 110 valence electrons. The van der Waals surface area contributed by atoms with E-state index >= 15 is 0 Å². The Morgan fingerprint density at radius 2 is 2.05 bits per heavy atom. The van der Waals surface area contributed by atoms with Crippen LogP contribution in [0.25, 0.3) is 0 Å². The Hall–Kier alpha value is -1.62. The molecule has 2 rings (SSSR count). The zero-order valence-electron chi connectivity index (χ0n) is 11.7. The van der Waals surface area contributed by atoms with Crippen LogP contribution >= 0.6 is 0 Å². The second-order valence-corrected chi connectivity index (χ2v) is 5.53. The van der Waals surface area contributed by atoms with Gasteiger partial charge in [-0.3, -0.25) is 0 Å². The lowest BCUT2D eigenvalue weighted by Crippen LogP contribution is -2.20. The molecule has 0 amide bonds. The maximum absolute atomic E-state index is 13.5. The molecule has 0 unspecified atom stereocenters. The molecule has 0 saturated heterocycles. The lowest BCUT2D eigenvalue weighted by molar-refractivity contribution is 0.00867. The summed E-state index contributed by atoms with van der Waals surface area (Å²) in [7, 11) is 0. The zero-order chi connectivity index (χ0) is 14.5. The fourth-order valence-electron chi connectivity index (χ4n) is 2.55. The highest BCUT2D eigenvalue weighted by Gasteiger charge is 2.18. The van der Waals surface area contributed by atoms with Crippen LogP contribution in [0.5, 0.6) is 0 Å². The molecule has 0 atom stereocenters. The lowest BCUT2D eigenvalue weighted by atomic mass is 9.89. The van der Waals surface area contributed by atoms with Crippen molar-refractivity contribution in [3.8, 4) is 0 Å². The van der Waals surface area contributed by atoms with Crippen molar-refractivity contribution in [3.63, 3.8) is 0 Å². The van der Waals surface area contributed by atoms with E-state index in [2.05, 4.69) is 12.1 Å². The third kappa shape index (κ3) is 3.93. The van der Waals surface area contributed by atoms with Gasteiger partial charge in [0.25, 0.3) is 0 Å². The summed E-state index contributed by atoms with van der Waals surface area (Å²) in [6, 6.07) is 4.34. The zero-order valence-corrected chi connectivity index (χ0v) is 11.7. The van der Waals surface area contributed by atoms with E-state index in [-0.39, 0.29) is 11.9 Å². The molecule has 0 aliphatic heterocycles. The van der Waals surface area contributed by atoms with Crippen LogP contribution in [0.1, 0.15) is 43.7 Å². The number of oxime groups is 1. The van der Waals surface area contributed by atoms with Crippen LogP contribution in [0, 0.1) is 11.7 Å². The van der Waals surface area contributed by atoms with Crippen molar-refractivity contribution in [1.29, 1.82) is 0 Å². The van der Waals surface area contributed by atoms with Gasteiger partial charge in [0.2, 0.25) is 0 Å². The van der Waals surface area contributed by atoms with Gasteiger partial charge in [0, 0.05) is 5.56 Å². The maximum Gasteiger partial charge on any atom is 0.170 e. The van der Waals surface area contributed by atoms with Crippen molar-refractivity contribution in [2.45, 2.75) is 45.3 Å². The third-order valence-corrected chi connectivity index (χ3v) is 3.81. The summed E-state index contributed by atoms with van der Waals surface area (Å²) >= 11 is 0. The second kappa shape index (κ2) is 6.70. The summed E-state index contributed by atoms with van der Waals surface area (Å²) in [5.41, 5.74) is 6.54. The molecule has 0 spiro atoms. The normalized spacial score (nSPS) is 23.8. The smallest absolute Gasteiger partial charge is 0.170 e. The number of amidine groups is 1. The van der Waals surface area contributed by atoms with Crippen molar-refractivity contribution in [3.05, 3.63) is 35.1 Å². The van der Waals surface area contributed by atoms with Crippen molar-refractivity contribution < 1.29 is 14.3 Å². The second-order valence-electron chi connectivity index (χ2n) is 5.53. The monoisotopic (exact) mass is 280 g/mol. The largest absolute Gasteiger partial charge is 0.409 e. The Morgan fingerprint density at radius 1 is 1.35 bits per heavy atom. The molecule has 1 aliphatic rings. The molecular formula is C15H21FN2O2. The molecule has 1 aromatic carbocycles. The fraction of sp³-hybridized carbons (Fsp3) is 0.533. The molecule has 4 nitrogen and oxygen atoms in total. The first kappa shape index (κ1) is 14.8.